The zero-order valence-electron chi connectivity index (χ0n) is 15.9. The van der Waals surface area contributed by atoms with Crippen LogP contribution in [0.15, 0.2) is 24.3 Å². The zero-order valence-corrected chi connectivity index (χ0v) is 15.9. The number of esters is 1. The lowest BCUT2D eigenvalue weighted by Crippen LogP contribution is -2.22. The van der Waals surface area contributed by atoms with E-state index in [-0.39, 0.29) is 12.6 Å². The Morgan fingerprint density at radius 2 is 1.83 bits per heavy atom. The summed E-state index contributed by atoms with van der Waals surface area (Å²) in [6.45, 7) is 12.5. The summed E-state index contributed by atoms with van der Waals surface area (Å²) in [6.07, 6.45) is 3.99. The molecule has 136 valence electrons. The molecule has 0 aromatic heterocycles. The Labute approximate surface area is 146 Å². The fraction of sp³-hybridized carbons (Fsp3) is 0.550. The van der Waals surface area contributed by atoms with Crippen molar-refractivity contribution in [1.29, 1.82) is 0 Å². The number of ether oxygens (including phenoxy) is 2. The average molecular weight is 336 g/mol. The maximum absolute atomic E-state index is 11.7. The van der Waals surface area contributed by atoms with Crippen LogP contribution in [-0.4, -0.2) is 36.5 Å². The molecule has 24 heavy (non-hydrogen) atoms. The zero-order chi connectivity index (χ0) is 18.6. The van der Waals surface area contributed by atoms with Gasteiger partial charge in [-0.15, -0.1) is 0 Å². The predicted octanol–water partition coefficient (Wildman–Crippen LogP) is 3.93. The number of hydrogen-bond donors (Lipinski definition) is 1. The maximum atomic E-state index is 11.7. The van der Waals surface area contributed by atoms with Gasteiger partial charge in [0.1, 0.15) is 5.60 Å². The summed E-state index contributed by atoms with van der Waals surface area (Å²) in [5.41, 5.74) is 2.75. The van der Waals surface area contributed by atoms with E-state index in [1.54, 1.807) is 6.08 Å². The van der Waals surface area contributed by atoms with Crippen molar-refractivity contribution in [2.75, 3.05) is 19.8 Å². The first-order valence-corrected chi connectivity index (χ1v) is 8.50. The minimum absolute atomic E-state index is 0.0394. The van der Waals surface area contributed by atoms with Crippen molar-refractivity contribution in [2.24, 2.45) is 0 Å². The van der Waals surface area contributed by atoms with Crippen LogP contribution in [0.3, 0.4) is 0 Å². The summed E-state index contributed by atoms with van der Waals surface area (Å²) in [4.78, 5) is 11.7. The first kappa shape index (κ1) is 22.4. The van der Waals surface area contributed by atoms with Crippen LogP contribution in [-0.2, 0) is 20.7 Å². The molecule has 0 amide bonds. The average Bonchev–Trinajstić information content (AvgIpc) is 2.49. The van der Waals surface area contributed by atoms with E-state index >= 15 is 0 Å². The molecule has 0 bridgehead atoms. The second kappa shape index (κ2) is 11.8. The SMILES string of the molecule is CC.Cc1cc(/C=C/C(=O)OC(C)(C)C)cc(CCOCCO)c1. The van der Waals surface area contributed by atoms with Gasteiger partial charge in [0, 0.05) is 6.08 Å². The van der Waals surface area contributed by atoms with Crippen molar-refractivity contribution in [2.45, 2.75) is 53.6 Å². The molecule has 0 spiro atoms. The molecule has 0 fully saturated rings. The molecule has 1 aromatic carbocycles. The van der Waals surface area contributed by atoms with Gasteiger partial charge in [0.05, 0.1) is 19.8 Å². The highest BCUT2D eigenvalue weighted by molar-refractivity contribution is 5.87. The Bertz CT molecular complexity index is 513. The fourth-order valence-electron chi connectivity index (χ4n) is 1.99. The molecule has 0 unspecified atom stereocenters. The monoisotopic (exact) mass is 336 g/mol. The second-order valence-electron chi connectivity index (χ2n) is 6.20. The number of hydrogen-bond acceptors (Lipinski definition) is 4. The minimum atomic E-state index is -0.483. The second-order valence-corrected chi connectivity index (χ2v) is 6.20. The molecule has 0 aliphatic carbocycles. The molecule has 0 atom stereocenters. The fourth-order valence-corrected chi connectivity index (χ4v) is 1.99. The Balaban J connectivity index is 0.00000254. The third-order valence-corrected chi connectivity index (χ3v) is 2.75. The lowest BCUT2D eigenvalue weighted by Gasteiger charge is -2.17. The first-order valence-electron chi connectivity index (χ1n) is 8.50. The maximum Gasteiger partial charge on any atom is 0.331 e. The van der Waals surface area contributed by atoms with E-state index in [1.165, 1.54) is 6.08 Å². The molecule has 1 aromatic rings. The van der Waals surface area contributed by atoms with Crippen LogP contribution in [0.2, 0.25) is 0 Å². The standard InChI is InChI=1S/C18H26O4.C2H6/c1-14-11-15(5-6-17(20)22-18(2,3)4)13-16(12-14)7-9-21-10-8-19;1-2/h5-6,11-13,19H,7-10H2,1-4H3;1-2H3/b6-5+;. The van der Waals surface area contributed by atoms with Crippen LogP contribution >= 0.6 is 0 Å². The summed E-state index contributed by atoms with van der Waals surface area (Å²) in [5, 5.41) is 8.68. The summed E-state index contributed by atoms with van der Waals surface area (Å²) in [7, 11) is 0. The topological polar surface area (TPSA) is 55.8 Å². The van der Waals surface area contributed by atoms with Crippen molar-refractivity contribution in [3.63, 3.8) is 0 Å². The lowest BCUT2D eigenvalue weighted by molar-refractivity contribution is -0.148. The van der Waals surface area contributed by atoms with E-state index in [9.17, 15) is 4.79 Å². The van der Waals surface area contributed by atoms with Crippen molar-refractivity contribution in [3.8, 4) is 0 Å². The van der Waals surface area contributed by atoms with Gasteiger partial charge in [0.2, 0.25) is 0 Å². The van der Waals surface area contributed by atoms with Gasteiger partial charge in [-0.3, -0.25) is 0 Å². The van der Waals surface area contributed by atoms with E-state index in [1.807, 2.05) is 53.7 Å². The molecule has 0 heterocycles. The normalized spacial score (nSPS) is 11.1. The predicted molar refractivity (Wildman–Crippen MR) is 99.0 cm³/mol. The first-order chi connectivity index (χ1) is 11.3. The van der Waals surface area contributed by atoms with E-state index in [0.29, 0.717) is 13.2 Å². The van der Waals surface area contributed by atoms with E-state index in [0.717, 1.165) is 23.1 Å². The quantitative estimate of drug-likeness (QED) is 0.466. The number of rotatable bonds is 7. The number of aliphatic hydroxyl groups excluding tert-OH is 1. The molecule has 0 aliphatic rings. The number of benzene rings is 1. The van der Waals surface area contributed by atoms with Gasteiger partial charge in [0.25, 0.3) is 0 Å². The molecule has 4 heteroatoms. The van der Waals surface area contributed by atoms with Crippen LogP contribution in [0.4, 0.5) is 0 Å². The van der Waals surface area contributed by atoms with E-state index in [2.05, 4.69) is 6.07 Å². The van der Waals surface area contributed by atoms with Gasteiger partial charge in [-0.2, -0.15) is 0 Å². The van der Waals surface area contributed by atoms with Gasteiger partial charge in [-0.05, 0) is 51.3 Å². The summed E-state index contributed by atoms with van der Waals surface area (Å²) in [6, 6.07) is 6.13. The van der Waals surface area contributed by atoms with Crippen LogP contribution < -0.4 is 0 Å². The number of carbonyl (C=O) groups excluding carboxylic acids is 1. The summed E-state index contributed by atoms with van der Waals surface area (Å²) >= 11 is 0. The molecule has 0 radical (unpaired) electrons. The Hall–Kier alpha value is -1.65. The third kappa shape index (κ3) is 11.0. The van der Waals surface area contributed by atoms with Crippen molar-refractivity contribution in [3.05, 3.63) is 41.0 Å². The number of aliphatic hydroxyl groups is 1. The van der Waals surface area contributed by atoms with E-state index < -0.39 is 5.60 Å². The minimum Gasteiger partial charge on any atom is -0.457 e. The van der Waals surface area contributed by atoms with Crippen LogP contribution in [0, 0.1) is 6.92 Å². The molecular weight excluding hydrogens is 304 g/mol. The molecule has 0 saturated carbocycles. The number of aryl methyl sites for hydroxylation is 1. The molecular formula is C20H32O4. The van der Waals surface area contributed by atoms with Crippen LogP contribution in [0.5, 0.6) is 0 Å². The molecule has 0 aliphatic heterocycles. The number of carbonyl (C=O) groups is 1. The Morgan fingerprint density at radius 1 is 1.17 bits per heavy atom. The van der Waals surface area contributed by atoms with Crippen LogP contribution in [0.25, 0.3) is 6.08 Å². The van der Waals surface area contributed by atoms with Crippen LogP contribution in [0.1, 0.15) is 51.3 Å². The molecule has 4 nitrogen and oxygen atoms in total. The summed E-state index contributed by atoms with van der Waals surface area (Å²) in [5.74, 6) is -0.346. The largest absolute Gasteiger partial charge is 0.457 e. The Morgan fingerprint density at radius 3 is 2.42 bits per heavy atom. The highest BCUT2D eigenvalue weighted by Gasteiger charge is 2.13. The third-order valence-electron chi connectivity index (χ3n) is 2.75. The van der Waals surface area contributed by atoms with Crippen molar-refractivity contribution in [1.82, 2.24) is 0 Å². The van der Waals surface area contributed by atoms with Gasteiger partial charge in [-0.25, -0.2) is 4.79 Å². The van der Waals surface area contributed by atoms with Gasteiger partial charge < -0.3 is 14.6 Å². The summed E-state index contributed by atoms with van der Waals surface area (Å²) < 4.78 is 10.5. The lowest BCUT2D eigenvalue weighted by atomic mass is 10.0. The smallest absolute Gasteiger partial charge is 0.331 e. The van der Waals surface area contributed by atoms with Crippen molar-refractivity contribution < 1.29 is 19.4 Å². The molecule has 0 saturated heterocycles. The molecule has 1 rings (SSSR count). The molecule has 1 N–H and O–H groups in total. The van der Waals surface area contributed by atoms with Gasteiger partial charge in [0.15, 0.2) is 0 Å². The van der Waals surface area contributed by atoms with E-state index in [4.69, 9.17) is 14.6 Å². The van der Waals surface area contributed by atoms with Crippen molar-refractivity contribution >= 4 is 12.0 Å². The highest BCUT2D eigenvalue weighted by atomic mass is 16.6. The van der Waals surface area contributed by atoms with Gasteiger partial charge in [-0.1, -0.05) is 37.6 Å². The Kier molecular flexibility index (Phi) is 11.0. The van der Waals surface area contributed by atoms with Gasteiger partial charge >= 0.3 is 5.97 Å². The highest BCUT2D eigenvalue weighted by Crippen LogP contribution is 2.13.